The summed E-state index contributed by atoms with van der Waals surface area (Å²) in [7, 11) is 0. The van der Waals surface area contributed by atoms with Gasteiger partial charge in [0.2, 0.25) is 0 Å². The van der Waals surface area contributed by atoms with Gasteiger partial charge in [0, 0.05) is 19.0 Å². The van der Waals surface area contributed by atoms with Crippen LogP contribution < -0.4 is 5.32 Å². The SMILES string of the molecule is OCc1nc(C2CNC2)no1. The minimum Gasteiger partial charge on any atom is -0.387 e. The average Bonchev–Trinajstić information content (AvgIpc) is 2.32. The van der Waals surface area contributed by atoms with E-state index in [9.17, 15) is 0 Å². The van der Waals surface area contributed by atoms with Crippen molar-refractivity contribution in [2.24, 2.45) is 0 Å². The Kier molecular flexibility index (Phi) is 1.59. The molecule has 11 heavy (non-hydrogen) atoms. The molecular weight excluding hydrogens is 146 g/mol. The van der Waals surface area contributed by atoms with E-state index in [1.165, 1.54) is 0 Å². The van der Waals surface area contributed by atoms with Crippen molar-refractivity contribution in [3.63, 3.8) is 0 Å². The first-order valence-electron chi connectivity index (χ1n) is 3.54. The van der Waals surface area contributed by atoms with Crippen molar-refractivity contribution < 1.29 is 9.63 Å². The lowest BCUT2D eigenvalue weighted by molar-refractivity contribution is 0.222. The van der Waals surface area contributed by atoms with Gasteiger partial charge in [-0.1, -0.05) is 5.16 Å². The van der Waals surface area contributed by atoms with Crippen molar-refractivity contribution in [3.05, 3.63) is 11.7 Å². The second-order valence-corrected chi connectivity index (χ2v) is 2.56. The summed E-state index contributed by atoms with van der Waals surface area (Å²) >= 11 is 0. The molecule has 60 valence electrons. The standard InChI is InChI=1S/C6H9N3O2/c10-3-5-8-6(9-11-5)4-1-7-2-4/h4,7,10H,1-3H2. The van der Waals surface area contributed by atoms with Crippen LogP contribution in [0.3, 0.4) is 0 Å². The lowest BCUT2D eigenvalue weighted by Crippen LogP contribution is -2.40. The fourth-order valence-corrected chi connectivity index (χ4v) is 0.969. The number of rotatable bonds is 2. The Morgan fingerprint density at radius 1 is 1.64 bits per heavy atom. The Balaban J connectivity index is 2.11. The number of hydrogen-bond donors (Lipinski definition) is 2. The first-order valence-corrected chi connectivity index (χ1v) is 3.54. The second kappa shape index (κ2) is 2.60. The number of hydrogen-bond acceptors (Lipinski definition) is 5. The quantitative estimate of drug-likeness (QED) is 0.588. The van der Waals surface area contributed by atoms with E-state index in [0.717, 1.165) is 13.1 Å². The zero-order valence-electron chi connectivity index (χ0n) is 5.95. The normalized spacial score (nSPS) is 18.3. The van der Waals surface area contributed by atoms with Crippen LogP contribution in [0.15, 0.2) is 4.52 Å². The van der Waals surface area contributed by atoms with Gasteiger partial charge in [0.1, 0.15) is 6.61 Å². The number of aromatic nitrogens is 2. The zero-order valence-corrected chi connectivity index (χ0v) is 5.95. The van der Waals surface area contributed by atoms with Gasteiger partial charge in [0.15, 0.2) is 5.82 Å². The number of nitrogens with one attached hydrogen (secondary N) is 1. The van der Waals surface area contributed by atoms with Crippen LogP contribution in [0, 0.1) is 0 Å². The average molecular weight is 155 g/mol. The monoisotopic (exact) mass is 155 g/mol. The molecule has 0 saturated carbocycles. The largest absolute Gasteiger partial charge is 0.387 e. The van der Waals surface area contributed by atoms with E-state index >= 15 is 0 Å². The molecule has 2 heterocycles. The molecule has 2 N–H and O–H groups in total. The van der Waals surface area contributed by atoms with Crippen molar-refractivity contribution in [1.29, 1.82) is 0 Å². The van der Waals surface area contributed by atoms with Crippen LogP contribution in [0.2, 0.25) is 0 Å². The number of aliphatic hydroxyl groups is 1. The maximum atomic E-state index is 8.61. The summed E-state index contributed by atoms with van der Waals surface area (Å²) in [5, 5.41) is 15.4. The molecule has 1 aromatic rings. The minimum atomic E-state index is -0.173. The molecule has 5 nitrogen and oxygen atoms in total. The first kappa shape index (κ1) is 6.75. The van der Waals surface area contributed by atoms with Crippen molar-refractivity contribution >= 4 is 0 Å². The van der Waals surface area contributed by atoms with Crippen LogP contribution in [0.4, 0.5) is 0 Å². The Hall–Kier alpha value is -0.940. The lowest BCUT2D eigenvalue weighted by Gasteiger charge is -2.23. The highest BCUT2D eigenvalue weighted by Crippen LogP contribution is 2.15. The first-order chi connectivity index (χ1) is 5.40. The molecular formula is C6H9N3O2. The molecule has 0 aromatic carbocycles. The van der Waals surface area contributed by atoms with Gasteiger partial charge in [0.05, 0.1) is 0 Å². The van der Waals surface area contributed by atoms with Gasteiger partial charge >= 0.3 is 0 Å². The molecule has 0 radical (unpaired) electrons. The fourth-order valence-electron chi connectivity index (χ4n) is 0.969. The van der Waals surface area contributed by atoms with Gasteiger partial charge in [0.25, 0.3) is 5.89 Å². The van der Waals surface area contributed by atoms with Crippen molar-refractivity contribution in [1.82, 2.24) is 15.5 Å². The molecule has 0 amide bonds. The third-order valence-corrected chi connectivity index (χ3v) is 1.77. The van der Waals surface area contributed by atoms with Gasteiger partial charge < -0.3 is 14.9 Å². The summed E-state index contributed by atoms with van der Waals surface area (Å²) in [5.74, 6) is 1.37. The lowest BCUT2D eigenvalue weighted by atomic mass is 10.0. The minimum absolute atomic E-state index is 0.173. The fraction of sp³-hybridized carbons (Fsp3) is 0.667. The van der Waals surface area contributed by atoms with E-state index in [-0.39, 0.29) is 6.61 Å². The maximum Gasteiger partial charge on any atom is 0.252 e. The van der Waals surface area contributed by atoms with Crippen LogP contribution in [0.25, 0.3) is 0 Å². The highest BCUT2D eigenvalue weighted by atomic mass is 16.5. The predicted molar refractivity (Wildman–Crippen MR) is 35.8 cm³/mol. The van der Waals surface area contributed by atoms with Gasteiger partial charge in [-0.2, -0.15) is 4.98 Å². The molecule has 1 aromatic heterocycles. The van der Waals surface area contributed by atoms with Crippen molar-refractivity contribution in [3.8, 4) is 0 Å². The molecule has 0 aliphatic carbocycles. The van der Waals surface area contributed by atoms with Crippen LogP contribution >= 0.6 is 0 Å². The summed E-state index contributed by atoms with van der Waals surface area (Å²) in [5.41, 5.74) is 0. The van der Waals surface area contributed by atoms with Crippen LogP contribution in [-0.4, -0.2) is 28.3 Å². The summed E-state index contributed by atoms with van der Waals surface area (Å²) in [6, 6.07) is 0. The number of nitrogens with zero attached hydrogens (tertiary/aromatic N) is 2. The Morgan fingerprint density at radius 3 is 2.91 bits per heavy atom. The summed E-state index contributed by atoms with van der Waals surface area (Å²) in [6.07, 6.45) is 0. The summed E-state index contributed by atoms with van der Waals surface area (Å²) in [4.78, 5) is 3.98. The molecule has 1 aliphatic heterocycles. The van der Waals surface area contributed by atoms with E-state index in [1.54, 1.807) is 0 Å². The summed E-state index contributed by atoms with van der Waals surface area (Å²) < 4.78 is 4.73. The molecule has 0 atom stereocenters. The third-order valence-electron chi connectivity index (χ3n) is 1.77. The van der Waals surface area contributed by atoms with Gasteiger partial charge in [-0.15, -0.1) is 0 Å². The Bertz CT molecular complexity index is 244. The van der Waals surface area contributed by atoms with E-state index in [0.29, 0.717) is 17.6 Å². The van der Waals surface area contributed by atoms with E-state index in [1.807, 2.05) is 0 Å². The van der Waals surface area contributed by atoms with Crippen LogP contribution in [-0.2, 0) is 6.61 Å². The number of aliphatic hydroxyl groups excluding tert-OH is 1. The molecule has 1 fully saturated rings. The smallest absolute Gasteiger partial charge is 0.252 e. The van der Waals surface area contributed by atoms with Crippen LogP contribution in [0.1, 0.15) is 17.6 Å². The van der Waals surface area contributed by atoms with E-state index in [2.05, 4.69) is 15.5 Å². The maximum absolute atomic E-state index is 8.61. The predicted octanol–water partition coefficient (Wildman–Crippen LogP) is -0.751. The molecule has 0 bridgehead atoms. The molecule has 5 heteroatoms. The van der Waals surface area contributed by atoms with E-state index in [4.69, 9.17) is 9.63 Å². The zero-order chi connectivity index (χ0) is 7.68. The molecule has 2 rings (SSSR count). The second-order valence-electron chi connectivity index (χ2n) is 2.56. The van der Waals surface area contributed by atoms with Gasteiger partial charge in [-0.3, -0.25) is 0 Å². The molecule has 0 spiro atoms. The van der Waals surface area contributed by atoms with Gasteiger partial charge in [-0.25, -0.2) is 0 Å². The Labute approximate surface area is 63.4 Å². The highest BCUT2D eigenvalue weighted by molar-refractivity contribution is 5.01. The topological polar surface area (TPSA) is 71.2 Å². The highest BCUT2D eigenvalue weighted by Gasteiger charge is 2.23. The Morgan fingerprint density at radius 2 is 2.45 bits per heavy atom. The van der Waals surface area contributed by atoms with Crippen molar-refractivity contribution in [2.75, 3.05) is 13.1 Å². The van der Waals surface area contributed by atoms with E-state index < -0.39 is 0 Å². The summed E-state index contributed by atoms with van der Waals surface area (Å²) in [6.45, 7) is 1.64. The van der Waals surface area contributed by atoms with Crippen LogP contribution in [0.5, 0.6) is 0 Å². The van der Waals surface area contributed by atoms with Gasteiger partial charge in [-0.05, 0) is 0 Å². The molecule has 1 aliphatic rings. The molecule has 0 unspecified atom stereocenters. The molecule has 1 saturated heterocycles. The third kappa shape index (κ3) is 1.12. The van der Waals surface area contributed by atoms with Crippen molar-refractivity contribution in [2.45, 2.75) is 12.5 Å².